The minimum atomic E-state index is -0.386. The van der Waals surface area contributed by atoms with Gasteiger partial charge in [0, 0.05) is 5.56 Å². The summed E-state index contributed by atoms with van der Waals surface area (Å²) in [7, 11) is 0. The Labute approximate surface area is 102 Å². The molecule has 0 spiro atoms. The average molecular weight is 244 g/mol. The lowest BCUT2D eigenvalue weighted by Crippen LogP contribution is -1.85. The molecule has 4 heteroatoms. The molecule has 1 aromatic heterocycles. The first-order chi connectivity index (χ1) is 8.63. The molecule has 0 saturated carbocycles. The van der Waals surface area contributed by atoms with Crippen LogP contribution in [0.15, 0.2) is 36.4 Å². The van der Waals surface area contributed by atoms with E-state index in [1.807, 2.05) is 0 Å². The summed E-state index contributed by atoms with van der Waals surface area (Å²) in [6, 6.07) is 9.31. The first-order valence-corrected chi connectivity index (χ1v) is 5.55. The van der Waals surface area contributed by atoms with E-state index < -0.39 is 0 Å². The second-order valence-corrected chi connectivity index (χ2v) is 4.24. The molecule has 0 fully saturated rings. The fourth-order valence-corrected chi connectivity index (χ4v) is 2.01. The third-order valence-corrected chi connectivity index (χ3v) is 2.78. The van der Waals surface area contributed by atoms with E-state index in [1.54, 1.807) is 25.1 Å². The fourth-order valence-electron chi connectivity index (χ4n) is 2.01. The van der Waals surface area contributed by atoms with Gasteiger partial charge >= 0.3 is 0 Å². The predicted molar refractivity (Wildman–Crippen MR) is 66.2 cm³/mol. The van der Waals surface area contributed by atoms with Crippen molar-refractivity contribution in [1.82, 2.24) is 9.97 Å². The highest BCUT2D eigenvalue weighted by molar-refractivity contribution is 5.79. The van der Waals surface area contributed by atoms with E-state index in [2.05, 4.69) is 9.97 Å². The lowest BCUT2D eigenvalue weighted by molar-refractivity contribution is 0.627. The summed E-state index contributed by atoms with van der Waals surface area (Å²) >= 11 is 0. The first-order valence-electron chi connectivity index (χ1n) is 5.55. The third kappa shape index (κ3) is 1.76. The van der Waals surface area contributed by atoms with Crippen molar-refractivity contribution in [3.63, 3.8) is 0 Å². The van der Waals surface area contributed by atoms with Crippen LogP contribution in [0.4, 0.5) is 8.78 Å². The van der Waals surface area contributed by atoms with E-state index in [-0.39, 0.29) is 17.2 Å². The SMILES string of the molecule is Cc1cc(F)cc(-c2nc3c(F)cccc3[nH]2)c1. The van der Waals surface area contributed by atoms with Crippen LogP contribution in [0, 0.1) is 18.6 Å². The number of rotatable bonds is 1. The highest BCUT2D eigenvalue weighted by atomic mass is 19.1. The first kappa shape index (κ1) is 10.9. The second kappa shape index (κ2) is 3.91. The summed E-state index contributed by atoms with van der Waals surface area (Å²) in [6.07, 6.45) is 0. The van der Waals surface area contributed by atoms with Crippen LogP contribution in [-0.2, 0) is 0 Å². The average Bonchev–Trinajstić information content (AvgIpc) is 2.73. The number of benzene rings is 2. The van der Waals surface area contributed by atoms with Gasteiger partial charge in [0.25, 0.3) is 0 Å². The zero-order chi connectivity index (χ0) is 12.7. The van der Waals surface area contributed by atoms with Crippen molar-refractivity contribution in [2.45, 2.75) is 6.92 Å². The quantitative estimate of drug-likeness (QED) is 0.692. The van der Waals surface area contributed by atoms with Gasteiger partial charge in [-0.25, -0.2) is 13.8 Å². The minimum Gasteiger partial charge on any atom is -0.338 e. The molecular formula is C14H10F2N2. The fraction of sp³-hybridized carbons (Fsp3) is 0.0714. The van der Waals surface area contributed by atoms with Gasteiger partial charge in [-0.2, -0.15) is 0 Å². The Kier molecular flexibility index (Phi) is 2.37. The van der Waals surface area contributed by atoms with Crippen LogP contribution in [0.5, 0.6) is 0 Å². The monoisotopic (exact) mass is 244 g/mol. The number of para-hydroxylation sites is 1. The van der Waals surface area contributed by atoms with Gasteiger partial charge in [-0.15, -0.1) is 0 Å². The van der Waals surface area contributed by atoms with E-state index in [0.717, 1.165) is 5.56 Å². The molecule has 0 radical (unpaired) electrons. The van der Waals surface area contributed by atoms with E-state index in [9.17, 15) is 8.78 Å². The molecule has 2 nitrogen and oxygen atoms in total. The maximum atomic E-state index is 13.5. The summed E-state index contributed by atoms with van der Waals surface area (Å²) in [5, 5.41) is 0. The van der Waals surface area contributed by atoms with Gasteiger partial charge in [0.05, 0.1) is 5.52 Å². The summed E-state index contributed by atoms with van der Waals surface area (Å²) < 4.78 is 26.8. The topological polar surface area (TPSA) is 28.7 Å². The molecule has 0 saturated heterocycles. The van der Waals surface area contributed by atoms with Crippen LogP contribution >= 0.6 is 0 Å². The molecule has 0 aliphatic rings. The van der Waals surface area contributed by atoms with Crippen molar-refractivity contribution in [2.24, 2.45) is 0 Å². The Hall–Kier alpha value is -2.23. The normalized spacial score (nSPS) is 11.1. The number of hydrogen-bond donors (Lipinski definition) is 1. The van der Waals surface area contributed by atoms with Gasteiger partial charge < -0.3 is 4.98 Å². The van der Waals surface area contributed by atoms with Crippen molar-refractivity contribution in [1.29, 1.82) is 0 Å². The van der Waals surface area contributed by atoms with Crippen LogP contribution in [0.2, 0.25) is 0 Å². The maximum Gasteiger partial charge on any atom is 0.151 e. The molecule has 1 N–H and O–H groups in total. The molecule has 18 heavy (non-hydrogen) atoms. The van der Waals surface area contributed by atoms with Crippen molar-refractivity contribution in [2.75, 3.05) is 0 Å². The largest absolute Gasteiger partial charge is 0.338 e. The molecular weight excluding hydrogens is 234 g/mol. The summed E-state index contributed by atoms with van der Waals surface area (Å²) in [5.41, 5.74) is 2.29. The zero-order valence-electron chi connectivity index (χ0n) is 9.67. The molecule has 0 unspecified atom stereocenters. The van der Waals surface area contributed by atoms with Crippen molar-refractivity contribution < 1.29 is 8.78 Å². The van der Waals surface area contributed by atoms with Crippen LogP contribution in [0.25, 0.3) is 22.4 Å². The molecule has 1 heterocycles. The lowest BCUT2D eigenvalue weighted by Gasteiger charge is -1.99. The minimum absolute atomic E-state index is 0.273. The summed E-state index contributed by atoms with van der Waals surface area (Å²) in [4.78, 5) is 7.16. The van der Waals surface area contributed by atoms with E-state index >= 15 is 0 Å². The zero-order valence-corrected chi connectivity index (χ0v) is 9.67. The Morgan fingerprint density at radius 3 is 2.67 bits per heavy atom. The van der Waals surface area contributed by atoms with E-state index in [0.29, 0.717) is 16.9 Å². The number of aryl methyl sites for hydroxylation is 1. The number of imidazole rings is 1. The number of aromatic amines is 1. The number of nitrogens with one attached hydrogen (secondary N) is 1. The Morgan fingerprint density at radius 2 is 1.94 bits per heavy atom. The van der Waals surface area contributed by atoms with Crippen LogP contribution < -0.4 is 0 Å². The van der Waals surface area contributed by atoms with E-state index in [4.69, 9.17) is 0 Å². The molecule has 90 valence electrons. The van der Waals surface area contributed by atoms with Crippen molar-refractivity contribution in [3.05, 3.63) is 53.6 Å². The van der Waals surface area contributed by atoms with Crippen molar-refractivity contribution >= 4 is 11.0 Å². The van der Waals surface area contributed by atoms with Gasteiger partial charge in [-0.05, 0) is 42.8 Å². The molecule has 2 aromatic carbocycles. The third-order valence-electron chi connectivity index (χ3n) is 2.78. The number of fused-ring (bicyclic) bond motifs is 1. The second-order valence-electron chi connectivity index (χ2n) is 4.24. The molecule has 0 aliphatic heterocycles. The standard InChI is InChI=1S/C14H10F2N2/c1-8-5-9(7-10(15)6-8)14-17-12-4-2-3-11(16)13(12)18-14/h2-7H,1H3,(H,17,18). The highest BCUT2D eigenvalue weighted by Crippen LogP contribution is 2.23. The number of H-pyrrole nitrogens is 1. The van der Waals surface area contributed by atoms with Crippen molar-refractivity contribution in [3.8, 4) is 11.4 Å². The maximum absolute atomic E-state index is 13.5. The molecule has 0 amide bonds. The number of hydrogen-bond acceptors (Lipinski definition) is 1. The van der Waals surface area contributed by atoms with Crippen LogP contribution in [0.3, 0.4) is 0 Å². The lowest BCUT2D eigenvalue weighted by atomic mass is 10.1. The van der Waals surface area contributed by atoms with Crippen LogP contribution in [-0.4, -0.2) is 9.97 Å². The van der Waals surface area contributed by atoms with Crippen LogP contribution in [0.1, 0.15) is 5.56 Å². The van der Waals surface area contributed by atoms with Gasteiger partial charge in [-0.1, -0.05) is 6.07 Å². The Morgan fingerprint density at radius 1 is 1.11 bits per heavy atom. The van der Waals surface area contributed by atoms with Gasteiger partial charge in [-0.3, -0.25) is 0 Å². The number of aromatic nitrogens is 2. The van der Waals surface area contributed by atoms with E-state index in [1.165, 1.54) is 18.2 Å². The van der Waals surface area contributed by atoms with Gasteiger partial charge in [0.1, 0.15) is 17.2 Å². The molecule has 3 aromatic rings. The summed E-state index contributed by atoms with van der Waals surface area (Å²) in [5.74, 6) is -0.244. The molecule has 0 atom stereocenters. The molecule has 3 rings (SSSR count). The summed E-state index contributed by atoms with van der Waals surface area (Å²) in [6.45, 7) is 1.80. The number of halogens is 2. The molecule has 0 aliphatic carbocycles. The Balaban J connectivity index is 2.22. The van der Waals surface area contributed by atoms with Gasteiger partial charge in [0.2, 0.25) is 0 Å². The smallest absolute Gasteiger partial charge is 0.151 e. The highest BCUT2D eigenvalue weighted by Gasteiger charge is 2.09. The molecule has 0 bridgehead atoms. The van der Waals surface area contributed by atoms with Gasteiger partial charge in [0.15, 0.2) is 5.82 Å². The number of nitrogens with zero attached hydrogens (tertiary/aromatic N) is 1. The predicted octanol–water partition coefficient (Wildman–Crippen LogP) is 3.82. The Bertz CT molecular complexity index is 711.